The molecule has 1 saturated heterocycles. The highest BCUT2D eigenvalue weighted by Crippen LogP contribution is 2.23. The van der Waals surface area contributed by atoms with Crippen LogP contribution in [0.2, 0.25) is 0 Å². The van der Waals surface area contributed by atoms with E-state index in [0.29, 0.717) is 31.9 Å². The number of aromatic nitrogens is 1. The van der Waals surface area contributed by atoms with Crippen molar-refractivity contribution in [3.05, 3.63) is 41.4 Å². The highest BCUT2D eigenvalue weighted by molar-refractivity contribution is 7.92. The van der Waals surface area contributed by atoms with E-state index in [-0.39, 0.29) is 12.5 Å². The van der Waals surface area contributed by atoms with Crippen LogP contribution in [0.5, 0.6) is 0 Å². The standard InChI is InChI=1S/C17H22N4O3S2/c1-14-5-3-4-6-15(14)21(26(2,23)24)13-16(22)19-8-10-20(11-9-19)17-18-7-12-25-17/h3-7,12H,8-11,13H2,1-2H3. The highest BCUT2D eigenvalue weighted by atomic mass is 32.2. The fourth-order valence-electron chi connectivity index (χ4n) is 2.97. The van der Waals surface area contributed by atoms with E-state index in [1.807, 2.05) is 24.4 Å². The van der Waals surface area contributed by atoms with Crippen LogP contribution in [0.25, 0.3) is 0 Å². The molecule has 0 radical (unpaired) electrons. The summed E-state index contributed by atoms with van der Waals surface area (Å²) in [6, 6.07) is 7.19. The monoisotopic (exact) mass is 394 g/mol. The average Bonchev–Trinajstić information content (AvgIpc) is 3.14. The summed E-state index contributed by atoms with van der Waals surface area (Å²) < 4.78 is 25.7. The topological polar surface area (TPSA) is 73.8 Å². The lowest BCUT2D eigenvalue weighted by molar-refractivity contribution is -0.129. The van der Waals surface area contributed by atoms with E-state index in [9.17, 15) is 13.2 Å². The van der Waals surface area contributed by atoms with Gasteiger partial charge in [-0.1, -0.05) is 18.2 Å². The van der Waals surface area contributed by atoms with Crippen molar-refractivity contribution in [2.24, 2.45) is 0 Å². The zero-order chi connectivity index (χ0) is 18.7. The summed E-state index contributed by atoms with van der Waals surface area (Å²) >= 11 is 1.58. The van der Waals surface area contributed by atoms with Crippen molar-refractivity contribution in [3.8, 4) is 0 Å². The number of thiazole rings is 1. The Balaban J connectivity index is 1.68. The molecule has 1 aliphatic heterocycles. The molecule has 0 aliphatic carbocycles. The Morgan fingerprint density at radius 2 is 1.92 bits per heavy atom. The fraction of sp³-hybridized carbons (Fsp3) is 0.412. The van der Waals surface area contributed by atoms with Crippen LogP contribution in [-0.4, -0.2) is 63.2 Å². The normalized spacial score (nSPS) is 15.2. The maximum Gasteiger partial charge on any atom is 0.243 e. The van der Waals surface area contributed by atoms with E-state index in [0.717, 1.165) is 17.0 Å². The number of amides is 1. The van der Waals surface area contributed by atoms with E-state index >= 15 is 0 Å². The van der Waals surface area contributed by atoms with Gasteiger partial charge in [-0.2, -0.15) is 0 Å². The molecule has 26 heavy (non-hydrogen) atoms. The zero-order valence-corrected chi connectivity index (χ0v) is 16.5. The van der Waals surface area contributed by atoms with Crippen LogP contribution in [0.15, 0.2) is 35.8 Å². The number of nitrogens with zero attached hydrogens (tertiary/aromatic N) is 4. The Bertz CT molecular complexity index is 860. The molecule has 0 bridgehead atoms. The Labute approximate surface area is 157 Å². The van der Waals surface area contributed by atoms with Crippen LogP contribution in [0.4, 0.5) is 10.8 Å². The smallest absolute Gasteiger partial charge is 0.243 e. The molecule has 1 fully saturated rings. The molecule has 7 nitrogen and oxygen atoms in total. The van der Waals surface area contributed by atoms with Crippen LogP contribution in [0.1, 0.15) is 5.56 Å². The highest BCUT2D eigenvalue weighted by Gasteiger charge is 2.27. The van der Waals surface area contributed by atoms with Gasteiger partial charge in [0.25, 0.3) is 0 Å². The van der Waals surface area contributed by atoms with Gasteiger partial charge in [0.15, 0.2) is 5.13 Å². The van der Waals surface area contributed by atoms with Gasteiger partial charge in [0, 0.05) is 37.8 Å². The Morgan fingerprint density at radius 3 is 2.50 bits per heavy atom. The number of piperazine rings is 1. The molecule has 9 heteroatoms. The van der Waals surface area contributed by atoms with Gasteiger partial charge in [0.1, 0.15) is 6.54 Å². The van der Waals surface area contributed by atoms with Crippen molar-refractivity contribution >= 4 is 38.1 Å². The van der Waals surface area contributed by atoms with Crippen LogP contribution >= 0.6 is 11.3 Å². The minimum atomic E-state index is -3.55. The number of rotatable bonds is 5. The zero-order valence-electron chi connectivity index (χ0n) is 14.8. The number of hydrogen-bond donors (Lipinski definition) is 0. The molecule has 0 saturated carbocycles. The molecule has 0 unspecified atom stereocenters. The maximum atomic E-state index is 12.7. The van der Waals surface area contributed by atoms with Crippen molar-refractivity contribution < 1.29 is 13.2 Å². The quantitative estimate of drug-likeness (QED) is 0.770. The van der Waals surface area contributed by atoms with Gasteiger partial charge in [-0.15, -0.1) is 11.3 Å². The minimum absolute atomic E-state index is 0.180. The molecule has 1 aromatic carbocycles. The molecule has 0 atom stereocenters. The third-order valence-corrected chi connectivity index (χ3v) is 6.34. The summed E-state index contributed by atoms with van der Waals surface area (Å²) in [5.41, 5.74) is 1.36. The Morgan fingerprint density at radius 1 is 1.23 bits per heavy atom. The predicted octanol–water partition coefficient (Wildman–Crippen LogP) is 1.57. The summed E-state index contributed by atoms with van der Waals surface area (Å²) in [4.78, 5) is 20.9. The SMILES string of the molecule is Cc1ccccc1N(CC(=O)N1CCN(c2nccs2)CC1)S(C)(=O)=O. The van der Waals surface area contributed by atoms with E-state index < -0.39 is 10.0 Å². The van der Waals surface area contributed by atoms with E-state index in [4.69, 9.17) is 0 Å². The number of anilines is 2. The summed E-state index contributed by atoms with van der Waals surface area (Å²) in [7, 11) is -3.55. The molecule has 3 rings (SSSR count). The first-order valence-electron chi connectivity index (χ1n) is 8.32. The molecule has 0 N–H and O–H groups in total. The van der Waals surface area contributed by atoms with Crippen LogP contribution in [0, 0.1) is 6.92 Å². The van der Waals surface area contributed by atoms with Gasteiger partial charge in [-0.25, -0.2) is 13.4 Å². The van der Waals surface area contributed by atoms with E-state index in [1.54, 1.807) is 34.6 Å². The first kappa shape index (κ1) is 18.7. The number of para-hydroxylation sites is 1. The lowest BCUT2D eigenvalue weighted by Crippen LogP contribution is -2.52. The van der Waals surface area contributed by atoms with E-state index in [2.05, 4.69) is 9.88 Å². The van der Waals surface area contributed by atoms with E-state index in [1.165, 1.54) is 4.31 Å². The van der Waals surface area contributed by atoms with Gasteiger partial charge < -0.3 is 9.80 Å². The summed E-state index contributed by atoms with van der Waals surface area (Å²) in [6.07, 6.45) is 2.90. The fourth-order valence-corrected chi connectivity index (χ4v) is 4.57. The number of aryl methyl sites for hydroxylation is 1. The number of carbonyl (C=O) groups excluding carboxylic acids is 1. The van der Waals surface area contributed by atoms with Crippen LogP contribution in [-0.2, 0) is 14.8 Å². The number of hydrogen-bond acceptors (Lipinski definition) is 6. The van der Waals surface area contributed by atoms with Gasteiger partial charge in [0.05, 0.1) is 11.9 Å². The molecule has 1 aromatic heterocycles. The van der Waals surface area contributed by atoms with Crippen molar-refractivity contribution in [1.29, 1.82) is 0 Å². The van der Waals surface area contributed by atoms with Crippen LogP contribution in [0.3, 0.4) is 0 Å². The van der Waals surface area contributed by atoms with Crippen molar-refractivity contribution in [2.75, 3.05) is 48.2 Å². The number of sulfonamides is 1. The second kappa shape index (κ2) is 7.63. The number of benzene rings is 1. The second-order valence-electron chi connectivity index (χ2n) is 6.24. The maximum absolute atomic E-state index is 12.7. The average molecular weight is 395 g/mol. The molecule has 2 heterocycles. The summed E-state index contributed by atoms with van der Waals surface area (Å²) in [6.45, 7) is 4.17. The molecule has 0 spiro atoms. The largest absolute Gasteiger partial charge is 0.345 e. The Kier molecular flexibility index (Phi) is 5.47. The number of carbonyl (C=O) groups is 1. The molecule has 1 amide bonds. The van der Waals surface area contributed by atoms with Crippen molar-refractivity contribution in [2.45, 2.75) is 6.92 Å². The lowest BCUT2D eigenvalue weighted by atomic mass is 10.2. The molecular formula is C17H22N4O3S2. The van der Waals surface area contributed by atoms with Crippen molar-refractivity contribution in [1.82, 2.24) is 9.88 Å². The molecular weight excluding hydrogens is 372 g/mol. The van der Waals surface area contributed by atoms with Gasteiger partial charge >= 0.3 is 0 Å². The first-order valence-corrected chi connectivity index (χ1v) is 11.0. The molecule has 1 aliphatic rings. The summed E-state index contributed by atoms with van der Waals surface area (Å²) in [5.74, 6) is -0.183. The van der Waals surface area contributed by atoms with Crippen LogP contribution < -0.4 is 9.21 Å². The van der Waals surface area contributed by atoms with Crippen molar-refractivity contribution in [3.63, 3.8) is 0 Å². The minimum Gasteiger partial charge on any atom is -0.345 e. The molecule has 140 valence electrons. The first-order chi connectivity index (χ1) is 12.4. The van der Waals surface area contributed by atoms with Gasteiger partial charge in [-0.3, -0.25) is 9.10 Å². The predicted molar refractivity (Wildman–Crippen MR) is 104 cm³/mol. The summed E-state index contributed by atoms with van der Waals surface area (Å²) in [5, 5.41) is 2.88. The third kappa shape index (κ3) is 4.16. The Hall–Kier alpha value is -2.13. The lowest BCUT2D eigenvalue weighted by Gasteiger charge is -2.35. The van der Waals surface area contributed by atoms with Gasteiger partial charge in [0.2, 0.25) is 15.9 Å². The molecule has 2 aromatic rings. The third-order valence-electron chi connectivity index (χ3n) is 4.39. The van der Waals surface area contributed by atoms with Gasteiger partial charge in [-0.05, 0) is 18.6 Å². The second-order valence-corrected chi connectivity index (χ2v) is 9.02.